The third-order valence-electron chi connectivity index (χ3n) is 6.21. The van der Waals surface area contributed by atoms with Gasteiger partial charge in [0.1, 0.15) is 0 Å². The highest BCUT2D eigenvalue weighted by molar-refractivity contribution is 7.89. The molecule has 31 heavy (non-hydrogen) atoms. The molecular weight excluding hydrogens is 410 g/mol. The second kappa shape index (κ2) is 9.83. The molecule has 6 nitrogen and oxygen atoms in total. The zero-order valence-corrected chi connectivity index (χ0v) is 19.7. The van der Waals surface area contributed by atoms with E-state index in [1.807, 2.05) is 52.0 Å². The van der Waals surface area contributed by atoms with Gasteiger partial charge in [-0.2, -0.15) is 0 Å². The number of carbonyl (C=O) groups is 1. The van der Waals surface area contributed by atoms with Gasteiger partial charge >= 0.3 is 0 Å². The Labute approximate surface area is 186 Å². The van der Waals surface area contributed by atoms with Gasteiger partial charge in [-0.15, -0.1) is 0 Å². The average Bonchev–Trinajstić information content (AvgIpc) is 3.20. The van der Waals surface area contributed by atoms with Crippen LogP contribution in [-0.4, -0.2) is 40.0 Å². The summed E-state index contributed by atoms with van der Waals surface area (Å²) in [5.74, 6) is -0.142. The third-order valence-corrected chi connectivity index (χ3v) is 7.94. The standard InChI is InChI=1S/C24H33N3O3S/c1-17-15-18(2)20(4)24(19(17)3)31(29,30)26-13-12-23(28)25-16-22-11-8-14-27(22)21-9-6-5-7-10-21/h5-7,9-10,15,22,26H,8,11-14,16H2,1-4H3,(H,25,28). The number of amides is 1. The Balaban J connectivity index is 1.53. The monoisotopic (exact) mass is 443 g/mol. The molecule has 0 bridgehead atoms. The van der Waals surface area contributed by atoms with Crippen molar-refractivity contribution in [2.75, 3.05) is 24.5 Å². The van der Waals surface area contributed by atoms with Crippen molar-refractivity contribution in [3.05, 3.63) is 58.7 Å². The van der Waals surface area contributed by atoms with Crippen LogP contribution in [0.5, 0.6) is 0 Å². The van der Waals surface area contributed by atoms with Crippen molar-refractivity contribution in [3.8, 4) is 0 Å². The molecule has 1 amide bonds. The fraction of sp³-hybridized carbons (Fsp3) is 0.458. The van der Waals surface area contributed by atoms with Gasteiger partial charge in [-0.05, 0) is 74.9 Å². The van der Waals surface area contributed by atoms with Crippen LogP contribution in [0.15, 0.2) is 41.3 Å². The predicted octanol–water partition coefficient (Wildman–Crippen LogP) is 3.37. The van der Waals surface area contributed by atoms with Gasteiger partial charge < -0.3 is 10.2 Å². The summed E-state index contributed by atoms with van der Waals surface area (Å²) in [6.07, 6.45) is 2.25. The first-order valence-electron chi connectivity index (χ1n) is 10.9. The SMILES string of the molecule is Cc1cc(C)c(C)c(S(=O)(=O)NCCC(=O)NCC2CCCN2c2ccccc2)c1C. The maximum Gasteiger partial charge on any atom is 0.241 e. The molecule has 2 aromatic carbocycles. The third kappa shape index (κ3) is 5.46. The Morgan fingerprint density at radius 2 is 1.71 bits per heavy atom. The van der Waals surface area contributed by atoms with E-state index in [9.17, 15) is 13.2 Å². The number of sulfonamides is 1. The van der Waals surface area contributed by atoms with E-state index in [0.717, 1.165) is 41.6 Å². The van der Waals surface area contributed by atoms with Gasteiger partial charge in [0, 0.05) is 37.8 Å². The summed E-state index contributed by atoms with van der Waals surface area (Å²) >= 11 is 0. The van der Waals surface area contributed by atoms with Crippen molar-refractivity contribution in [1.82, 2.24) is 10.0 Å². The number of para-hydroxylation sites is 1. The van der Waals surface area contributed by atoms with Crippen LogP contribution < -0.4 is 14.9 Å². The van der Waals surface area contributed by atoms with Crippen LogP contribution >= 0.6 is 0 Å². The van der Waals surface area contributed by atoms with Crippen molar-refractivity contribution in [3.63, 3.8) is 0 Å². The van der Waals surface area contributed by atoms with Gasteiger partial charge in [0.25, 0.3) is 0 Å². The highest BCUT2D eigenvalue weighted by atomic mass is 32.2. The lowest BCUT2D eigenvalue weighted by Gasteiger charge is -2.27. The number of aryl methyl sites for hydroxylation is 2. The molecule has 168 valence electrons. The second-order valence-electron chi connectivity index (χ2n) is 8.37. The number of hydrogen-bond acceptors (Lipinski definition) is 4. The van der Waals surface area contributed by atoms with Crippen LogP contribution in [-0.2, 0) is 14.8 Å². The quantitative estimate of drug-likeness (QED) is 0.656. The van der Waals surface area contributed by atoms with E-state index in [1.54, 1.807) is 0 Å². The molecule has 1 atom stereocenters. The van der Waals surface area contributed by atoms with Crippen LogP contribution in [0.4, 0.5) is 5.69 Å². The predicted molar refractivity (Wildman–Crippen MR) is 125 cm³/mol. The van der Waals surface area contributed by atoms with Gasteiger partial charge in [-0.3, -0.25) is 4.79 Å². The molecule has 2 N–H and O–H groups in total. The summed E-state index contributed by atoms with van der Waals surface area (Å²) in [7, 11) is -3.68. The Bertz CT molecular complexity index is 1010. The minimum absolute atomic E-state index is 0.0765. The number of anilines is 1. The van der Waals surface area contributed by atoms with Crippen LogP contribution in [0.1, 0.15) is 41.5 Å². The van der Waals surface area contributed by atoms with Gasteiger partial charge in [-0.25, -0.2) is 13.1 Å². The Kier molecular flexibility index (Phi) is 7.38. The number of rotatable bonds is 8. The van der Waals surface area contributed by atoms with Gasteiger partial charge in [-0.1, -0.05) is 24.3 Å². The van der Waals surface area contributed by atoms with Crippen molar-refractivity contribution < 1.29 is 13.2 Å². The first kappa shape index (κ1) is 23.3. The second-order valence-corrected chi connectivity index (χ2v) is 10.1. The first-order chi connectivity index (χ1) is 14.7. The van der Waals surface area contributed by atoms with Crippen molar-refractivity contribution in [2.24, 2.45) is 0 Å². The normalized spacial score (nSPS) is 16.5. The van der Waals surface area contributed by atoms with E-state index in [-0.39, 0.29) is 24.9 Å². The largest absolute Gasteiger partial charge is 0.367 e. The van der Waals surface area contributed by atoms with Gasteiger partial charge in [0.05, 0.1) is 4.90 Å². The summed E-state index contributed by atoms with van der Waals surface area (Å²) in [4.78, 5) is 15.0. The molecule has 2 aromatic rings. The fourth-order valence-corrected chi connectivity index (χ4v) is 5.93. The minimum atomic E-state index is -3.68. The maximum atomic E-state index is 12.9. The summed E-state index contributed by atoms with van der Waals surface area (Å²) in [5.41, 5.74) is 4.57. The highest BCUT2D eigenvalue weighted by Gasteiger charge is 2.25. The number of benzene rings is 2. The molecule has 0 radical (unpaired) electrons. The molecule has 3 rings (SSSR count). The van der Waals surface area contributed by atoms with Crippen molar-refractivity contribution in [1.29, 1.82) is 0 Å². The first-order valence-corrected chi connectivity index (χ1v) is 12.3. The van der Waals surface area contributed by atoms with E-state index in [2.05, 4.69) is 27.1 Å². The lowest BCUT2D eigenvalue weighted by Crippen LogP contribution is -2.41. The summed E-state index contributed by atoms with van der Waals surface area (Å²) in [5, 5.41) is 2.98. The molecule has 1 unspecified atom stereocenters. The zero-order chi connectivity index (χ0) is 22.6. The number of carbonyl (C=O) groups excluding carboxylic acids is 1. The van der Waals surface area contributed by atoms with Crippen LogP contribution in [0, 0.1) is 27.7 Å². The maximum absolute atomic E-state index is 12.9. The molecule has 0 spiro atoms. The van der Waals surface area contributed by atoms with E-state index < -0.39 is 10.0 Å². The molecule has 0 saturated carbocycles. The van der Waals surface area contributed by atoms with Crippen LogP contribution in [0.3, 0.4) is 0 Å². The zero-order valence-electron chi connectivity index (χ0n) is 18.9. The van der Waals surface area contributed by atoms with E-state index >= 15 is 0 Å². The van der Waals surface area contributed by atoms with E-state index in [0.29, 0.717) is 11.4 Å². The Hall–Kier alpha value is -2.38. The van der Waals surface area contributed by atoms with E-state index in [4.69, 9.17) is 0 Å². The number of hydrogen-bond donors (Lipinski definition) is 2. The smallest absolute Gasteiger partial charge is 0.241 e. The van der Waals surface area contributed by atoms with Gasteiger partial charge in [0.2, 0.25) is 15.9 Å². The lowest BCUT2D eigenvalue weighted by atomic mass is 10.0. The lowest BCUT2D eigenvalue weighted by molar-refractivity contribution is -0.120. The molecule has 0 aliphatic carbocycles. The van der Waals surface area contributed by atoms with E-state index in [1.165, 1.54) is 5.69 Å². The molecule has 1 heterocycles. The molecule has 7 heteroatoms. The average molecular weight is 444 g/mol. The fourth-order valence-electron chi connectivity index (χ4n) is 4.28. The summed E-state index contributed by atoms with van der Waals surface area (Å²) in [6, 6.07) is 12.5. The molecule has 1 aliphatic heterocycles. The molecule has 1 fully saturated rings. The van der Waals surface area contributed by atoms with Crippen molar-refractivity contribution >= 4 is 21.6 Å². The Morgan fingerprint density at radius 3 is 2.35 bits per heavy atom. The number of nitrogens with one attached hydrogen (secondary N) is 2. The molecule has 1 aliphatic rings. The molecule has 1 saturated heterocycles. The van der Waals surface area contributed by atoms with Crippen LogP contribution in [0.25, 0.3) is 0 Å². The van der Waals surface area contributed by atoms with Gasteiger partial charge in [0.15, 0.2) is 0 Å². The molecular formula is C24H33N3O3S. The van der Waals surface area contributed by atoms with Crippen LogP contribution in [0.2, 0.25) is 0 Å². The number of nitrogens with zero attached hydrogens (tertiary/aromatic N) is 1. The summed E-state index contributed by atoms with van der Waals surface area (Å²) < 4.78 is 28.4. The topological polar surface area (TPSA) is 78.5 Å². The minimum Gasteiger partial charge on any atom is -0.367 e. The summed E-state index contributed by atoms with van der Waals surface area (Å²) in [6.45, 7) is 9.10. The molecule has 0 aromatic heterocycles. The van der Waals surface area contributed by atoms with Crippen molar-refractivity contribution in [2.45, 2.75) is 57.9 Å². The Morgan fingerprint density at radius 1 is 1.06 bits per heavy atom. The highest BCUT2D eigenvalue weighted by Crippen LogP contribution is 2.26.